The summed E-state index contributed by atoms with van der Waals surface area (Å²) in [5.41, 5.74) is 28.3. The predicted molar refractivity (Wildman–Crippen MR) is 574 cm³/mol. The van der Waals surface area contributed by atoms with Gasteiger partial charge in [-0.15, -0.1) is 0 Å². The molecule has 2 saturated heterocycles. The van der Waals surface area contributed by atoms with Crippen molar-refractivity contribution in [2.45, 2.75) is 78.9 Å². The summed E-state index contributed by atoms with van der Waals surface area (Å²) in [7, 11) is 4.08. The Hall–Kier alpha value is -18.2. The number of benzene rings is 8. The van der Waals surface area contributed by atoms with Crippen LogP contribution in [0, 0.1) is 28.7 Å². The van der Waals surface area contributed by atoms with Crippen molar-refractivity contribution in [2.24, 2.45) is 5.41 Å². The van der Waals surface area contributed by atoms with Crippen LogP contribution in [0.5, 0.6) is 0 Å². The van der Waals surface area contributed by atoms with E-state index in [0.717, 1.165) is 151 Å². The molecule has 0 bridgehead atoms. The standard InChI is InChI=1S/C30H26FN7O.C30H26FN7.C29H24FN7.C27H22FN7/c1-30(2,3)12-26(39)34-19-10-18(13-32-14-19)17-8-9-24-21(11-17)28(38-37-24)29-35-25-16-33-15-22(27(25)36-29)20-6-4-5-7-23(20)31;31-25-7-3-2-6-22(25)24-16-33-17-27-28(24)35-30(34-27)29-23-13-20(8-9-26(23)36-37-29)21-12-19(14-32-15-21)18-38-10-4-1-5-11-38;30-24-6-2-1-5-21(24)23-15-32-16-26-27(23)34-29(33-26)28-22-12-19(7-8-25(22)35-36-28)20-11-18(13-31-14-20)17-37-9-3-4-10-37;1-35(2)15-16-9-18(12-29-11-16)17-7-8-23-20(10-17)26(34-33-23)27-31-24-14-30-13-21(25(24)32-27)19-5-3-4-6-22(19)28/h4-11,13-16H,12H2,1-3H3,(H,34,39)(H,35,36)(H,37,38);2-3,6-9,12-17H,1,4-5,10-11,18H2,(H,34,35)(H,36,37);1-2,5-8,11-16H,3-4,9-10,17H2,(H,33,34)(H,35,36);3-14H,15H2,1-2H3,(H,31,32)(H,33,34). The fourth-order valence-electron chi connectivity index (χ4n) is 19.7. The molecule has 33 heteroatoms. The number of rotatable bonds is 20. The molecule has 9 N–H and O–H groups in total. The minimum atomic E-state index is -0.336. The van der Waals surface area contributed by atoms with Crippen LogP contribution in [0.2, 0.25) is 0 Å². The Morgan fingerprint density at radius 2 is 0.604 bits per heavy atom. The summed E-state index contributed by atoms with van der Waals surface area (Å²) < 4.78 is 58.2. The second kappa shape index (κ2) is 40.8. The number of imidazole rings is 4. The Morgan fingerprint density at radius 3 is 0.919 bits per heavy atom. The van der Waals surface area contributed by atoms with E-state index in [1.54, 1.807) is 123 Å². The number of carbonyl (C=O) groups excluding carboxylic acids is 1. The molecule has 16 aromatic heterocycles. The van der Waals surface area contributed by atoms with Crippen LogP contribution in [-0.4, -0.2) is 181 Å². The molecular formula is C116H98F4N28O. The minimum Gasteiger partial charge on any atom is -0.335 e. The van der Waals surface area contributed by atoms with Gasteiger partial charge in [-0.3, -0.25) is 74.9 Å². The maximum absolute atomic E-state index is 14.6. The summed E-state index contributed by atoms with van der Waals surface area (Å²) in [6, 6.07) is 59.6. The van der Waals surface area contributed by atoms with Crippen LogP contribution in [-0.2, 0) is 24.4 Å². The number of nitrogens with zero attached hydrogens (tertiary/aromatic N) is 19. The van der Waals surface area contributed by atoms with Crippen LogP contribution in [0.1, 0.15) is 76.0 Å². The molecule has 149 heavy (non-hydrogen) atoms. The number of amides is 1. The van der Waals surface area contributed by atoms with Gasteiger partial charge in [0.15, 0.2) is 23.3 Å². The second-order valence-corrected chi connectivity index (χ2v) is 39.0. The molecule has 8 aromatic carbocycles. The van der Waals surface area contributed by atoms with Gasteiger partial charge in [-0.05, 0) is 207 Å². The van der Waals surface area contributed by atoms with Crippen molar-refractivity contribution >= 4 is 99.3 Å². The van der Waals surface area contributed by atoms with Gasteiger partial charge in [0.2, 0.25) is 5.91 Å². The number of pyridine rings is 8. The van der Waals surface area contributed by atoms with Gasteiger partial charge in [-0.25, -0.2) is 37.5 Å². The number of piperidine rings is 1. The van der Waals surface area contributed by atoms with E-state index >= 15 is 0 Å². The van der Waals surface area contributed by atoms with Crippen LogP contribution in [0.25, 0.3) is 223 Å². The van der Waals surface area contributed by atoms with E-state index in [0.29, 0.717) is 136 Å². The molecule has 0 unspecified atom stereocenters. The number of halogens is 4. The molecule has 0 atom stereocenters. The first-order chi connectivity index (χ1) is 72.8. The lowest BCUT2D eigenvalue weighted by atomic mass is 9.92. The Morgan fingerprint density at radius 1 is 0.315 bits per heavy atom. The maximum Gasteiger partial charge on any atom is 0.224 e. The van der Waals surface area contributed by atoms with Gasteiger partial charge in [0, 0.05) is 183 Å². The first kappa shape index (κ1) is 94.4. The molecule has 0 spiro atoms. The van der Waals surface area contributed by atoms with E-state index in [2.05, 4.69) is 175 Å². The number of aromatic amines is 8. The molecule has 0 saturated carbocycles. The summed E-state index contributed by atoms with van der Waals surface area (Å²) in [4.78, 5) is 87.1. The molecule has 2 aliphatic rings. The number of likely N-dealkylation sites (tertiary alicyclic amines) is 2. The zero-order chi connectivity index (χ0) is 101. The molecule has 24 aromatic rings. The van der Waals surface area contributed by atoms with Crippen LogP contribution < -0.4 is 5.32 Å². The van der Waals surface area contributed by atoms with E-state index < -0.39 is 0 Å². The third kappa shape index (κ3) is 20.0. The van der Waals surface area contributed by atoms with Gasteiger partial charge in [0.25, 0.3) is 0 Å². The van der Waals surface area contributed by atoms with Crippen molar-refractivity contribution in [1.82, 2.24) is 135 Å². The van der Waals surface area contributed by atoms with Crippen molar-refractivity contribution in [2.75, 3.05) is 45.6 Å². The quantitative estimate of drug-likeness (QED) is 0.0320. The Bertz CT molecular complexity index is 9130. The molecule has 736 valence electrons. The number of H-pyrrole nitrogens is 8. The van der Waals surface area contributed by atoms with Crippen molar-refractivity contribution in [3.63, 3.8) is 0 Å². The lowest BCUT2D eigenvalue weighted by Gasteiger charge is -2.26. The Balaban J connectivity index is 0.000000109. The average molecular weight is 1980 g/mol. The van der Waals surface area contributed by atoms with Crippen molar-refractivity contribution in [1.29, 1.82) is 0 Å². The lowest BCUT2D eigenvalue weighted by molar-refractivity contribution is -0.117. The van der Waals surface area contributed by atoms with E-state index in [-0.39, 0.29) is 34.6 Å². The molecular weight excluding hydrogens is 1880 g/mol. The highest BCUT2D eigenvalue weighted by Gasteiger charge is 2.27. The van der Waals surface area contributed by atoms with Crippen LogP contribution in [0.4, 0.5) is 23.2 Å². The topological polar surface area (TPSA) is 371 Å². The first-order valence-corrected chi connectivity index (χ1v) is 49.2. The molecule has 0 aliphatic carbocycles. The smallest absolute Gasteiger partial charge is 0.224 e. The fourth-order valence-corrected chi connectivity index (χ4v) is 19.7. The van der Waals surface area contributed by atoms with Crippen molar-refractivity contribution < 1.29 is 22.4 Å². The summed E-state index contributed by atoms with van der Waals surface area (Å²) in [6.07, 6.45) is 35.0. The van der Waals surface area contributed by atoms with E-state index in [1.807, 2.05) is 127 Å². The van der Waals surface area contributed by atoms with Gasteiger partial charge >= 0.3 is 0 Å². The number of hydrogen-bond donors (Lipinski definition) is 9. The van der Waals surface area contributed by atoms with Crippen molar-refractivity contribution in [3.8, 4) is 135 Å². The van der Waals surface area contributed by atoms with Gasteiger partial charge in [0.05, 0.1) is 80.8 Å². The van der Waals surface area contributed by atoms with Gasteiger partial charge in [-0.2, -0.15) is 20.4 Å². The average Bonchev–Trinajstić information content (AvgIpc) is 1.62. The molecule has 29 nitrogen and oxygen atoms in total. The van der Waals surface area contributed by atoms with Crippen LogP contribution in [0.3, 0.4) is 0 Å². The van der Waals surface area contributed by atoms with E-state index in [1.165, 1.54) is 67.5 Å². The number of hydrogen-bond acceptors (Lipinski definition) is 20. The third-order valence-electron chi connectivity index (χ3n) is 26.8. The van der Waals surface area contributed by atoms with Gasteiger partial charge < -0.3 is 30.2 Å². The molecule has 2 aliphatic heterocycles. The molecule has 2 fully saturated rings. The highest BCUT2D eigenvalue weighted by Crippen LogP contribution is 2.42. The largest absolute Gasteiger partial charge is 0.335 e. The normalized spacial score (nSPS) is 13.0. The third-order valence-corrected chi connectivity index (χ3v) is 26.8. The second-order valence-electron chi connectivity index (χ2n) is 39.0. The van der Waals surface area contributed by atoms with Gasteiger partial charge in [-0.1, -0.05) is 124 Å². The lowest BCUT2D eigenvalue weighted by Crippen LogP contribution is -2.29. The zero-order valence-corrected chi connectivity index (χ0v) is 81.8. The van der Waals surface area contributed by atoms with E-state index in [4.69, 9.17) is 19.9 Å². The molecule has 0 radical (unpaired) electrons. The summed E-state index contributed by atoms with van der Waals surface area (Å²) in [5.74, 6) is 1.02. The van der Waals surface area contributed by atoms with Crippen LogP contribution >= 0.6 is 0 Å². The number of carbonyl (C=O) groups is 1. The molecule has 26 rings (SSSR count). The number of anilines is 1. The number of nitrogens with one attached hydrogen (secondary N) is 9. The monoisotopic (exact) mass is 1970 g/mol. The SMILES string of the molecule is CC(C)(C)CC(=O)Nc1cncc(-c2ccc3[nH]nc(-c4nc5c(-c6ccccc6F)cncc5[nH]4)c3c2)c1.CN(C)Cc1cncc(-c2ccc3[nH]nc(-c4nc5c(-c6ccccc6F)cncc5[nH]4)c3c2)c1.Fc1ccccc1-c1cncc2[nH]c(-c3n[nH]c4ccc(-c5cncc(CN6CCCC6)c5)cc34)nc12.Fc1ccccc1-c1cncc2[nH]c(-c3n[nH]c4ccc(-c5cncc(CN6CCCCC6)c5)cc34)nc12. The minimum absolute atomic E-state index is 0.0526. The Kier molecular flexibility index (Phi) is 25.8. The molecule has 1 amide bonds. The molecule has 18 heterocycles. The fraction of sp³-hybridized carbons (Fsp3) is 0.164. The predicted octanol–water partition coefficient (Wildman–Crippen LogP) is 24.5. The van der Waals surface area contributed by atoms with Crippen LogP contribution in [0.15, 0.2) is 293 Å². The zero-order valence-electron chi connectivity index (χ0n) is 81.8. The first-order valence-electron chi connectivity index (χ1n) is 49.2. The maximum atomic E-state index is 14.6. The van der Waals surface area contributed by atoms with Gasteiger partial charge in [0.1, 0.15) is 68.1 Å². The summed E-state index contributed by atoms with van der Waals surface area (Å²) in [6.45, 7) is 13.4. The van der Waals surface area contributed by atoms with Crippen molar-refractivity contribution in [3.05, 3.63) is 333 Å². The highest BCUT2D eigenvalue weighted by molar-refractivity contribution is 6.04. The summed E-state index contributed by atoms with van der Waals surface area (Å²) >= 11 is 0. The Labute approximate surface area is 850 Å². The number of fused-ring (bicyclic) bond motifs is 8. The number of aromatic nitrogens is 24. The highest BCUT2D eigenvalue weighted by atomic mass is 19.1. The van der Waals surface area contributed by atoms with E-state index in [9.17, 15) is 22.4 Å². The summed E-state index contributed by atoms with van der Waals surface area (Å²) in [5, 5.41) is 37.2.